The normalized spacial score (nSPS) is 11.8. The van der Waals surface area contributed by atoms with Crippen molar-refractivity contribution in [3.8, 4) is 5.75 Å². The SMILES string of the molecule is CCOc1ccc([C@H](C)NC(=O)CSCc2ccccc2Cl)cc1. The van der Waals surface area contributed by atoms with Crippen molar-refractivity contribution >= 4 is 29.3 Å². The van der Waals surface area contributed by atoms with E-state index in [0.717, 1.165) is 27.7 Å². The third-order valence-corrected chi connectivity index (χ3v) is 4.87. The van der Waals surface area contributed by atoms with Crippen molar-refractivity contribution in [1.82, 2.24) is 5.32 Å². The van der Waals surface area contributed by atoms with Crippen LogP contribution in [0, 0.1) is 0 Å². The number of benzene rings is 2. The first-order chi connectivity index (χ1) is 11.6. The zero-order chi connectivity index (χ0) is 17.4. The highest BCUT2D eigenvalue weighted by Gasteiger charge is 2.10. The molecular weight excluding hydrogens is 342 g/mol. The van der Waals surface area contributed by atoms with Crippen molar-refractivity contribution in [3.63, 3.8) is 0 Å². The summed E-state index contributed by atoms with van der Waals surface area (Å²) in [6.45, 7) is 4.58. The first kappa shape index (κ1) is 18.7. The minimum absolute atomic E-state index is 0.0217. The Morgan fingerprint density at radius 3 is 2.58 bits per heavy atom. The Morgan fingerprint density at radius 1 is 1.21 bits per heavy atom. The fourth-order valence-electron chi connectivity index (χ4n) is 2.26. The topological polar surface area (TPSA) is 38.3 Å². The number of hydrogen-bond acceptors (Lipinski definition) is 3. The summed E-state index contributed by atoms with van der Waals surface area (Å²) in [6, 6.07) is 15.5. The van der Waals surface area contributed by atoms with Gasteiger partial charge >= 0.3 is 0 Å². The van der Waals surface area contributed by atoms with Crippen LogP contribution in [0.2, 0.25) is 5.02 Å². The number of hydrogen-bond donors (Lipinski definition) is 1. The summed E-state index contributed by atoms with van der Waals surface area (Å²) in [6.07, 6.45) is 0. The van der Waals surface area contributed by atoms with E-state index in [4.69, 9.17) is 16.3 Å². The van der Waals surface area contributed by atoms with Crippen LogP contribution < -0.4 is 10.1 Å². The standard InChI is InChI=1S/C19H22ClNO2S/c1-3-23-17-10-8-15(9-11-17)14(2)21-19(22)13-24-12-16-6-4-5-7-18(16)20/h4-11,14H,3,12-13H2,1-2H3,(H,21,22)/t14-/m0/s1. The van der Waals surface area contributed by atoms with Gasteiger partial charge in [-0.05, 0) is 43.2 Å². The summed E-state index contributed by atoms with van der Waals surface area (Å²) < 4.78 is 5.43. The van der Waals surface area contributed by atoms with E-state index in [1.807, 2.05) is 62.4 Å². The Labute approximate surface area is 152 Å². The second-order valence-corrected chi connectivity index (χ2v) is 6.77. The molecule has 1 N–H and O–H groups in total. The summed E-state index contributed by atoms with van der Waals surface area (Å²) in [4.78, 5) is 12.1. The molecular formula is C19H22ClNO2S. The van der Waals surface area contributed by atoms with Gasteiger partial charge in [-0.15, -0.1) is 11.8 Å². The highest BCUT2D eigenvalue weighted by Crippen LogP contribution is 2.21. The number of halogens is 1. The average molecular weight is 364 g/mol. The predicted molar refractivity (Wildman–Crippen MR) is 102 cm³/mol. The van der Waals surface area contributed by atoms with E-state index >= 15 is 0 Å². The second kappa shape index (κ2) is 9.60. The lowest BCUT2D eigenvalue weighted by Gasteiger charge is -2.15. The zero-order valence-corrected chi connectivity index (χ0v) is 15.5. The smallest absolute Gasteiger partial charge is 0.230 e. The molecule has 2 aromatic carbocycles. The quantitative estimate of drug-likeness (QED) is 0.728. The van der Waals surface area contributed by atoms with Crippen molar-refractivity contribution in [1.29, 1.82) is 0 Å². The molecule has 3 nitrogen and oxygen atoms in total. The van der Waals surface area contributed by atoms with Gasteiger partial charge in [0, 0.05) is 10.8 Å². The Bertz CT molecular complexity index is 661. The summed E-state index contributed by atoms with van der Waals surface area (Å²) in [5.74, 6) is 2.00. The van der Waals surface area contributed by atoms with Crippen molar-refractivity contribution in [2.24, 2.45) is 0 Å². The fraction of sp³-hybridized carbons (Fsp3) is 0.316. The number of thioether (sulfide) groups is 1. The highest BCUT2D eigenvalue weighted by molar-refractivity contribution is 7.99. The molecule has 24 heavy (non-hydrogen) atoms. The number of amides is 1. The highest BCUT2D eigenvalue weighted by atomic mass is 35.5. The molecule has 0 heterocycles. The monoisotopic (exact) mass is 363 g/mol. The van der Waals surface area contributed by atoms with Gasteiger partial charge in [0.05, 0.1) is 18.4 Å². The van der Waals surface area contributed by atoms with Crippen LogP contribution in [0.25, 0.3) is 0 Å². The van der Waals surface area contributed by atoms with Crippen LogP contribution in [0.5, 0.6) is 5.75 Å². The lowest BCUT2D eigenvalue weighted by molar-refractivity contribution is -0.119. The number of carbonyl (C=O) groups excluding carboxylic acids is 1. The maximum Gasteiger partial charge on any atom is 0.230 e. The first-order valence-electron chi connectivity index (χ1n) is 7.93. The molecule has 0 aliphatic carbocycles. The van der Waals surface area contributed by atoms with Crippen molar-refractivity contribution in [3.05, 3.63) is 64.7 Å². The summed E-state index contributed by atoms with van der Waals surface area (Å²) in [5.41, 5.74) is 2.11. The minimum Gasteiger partial charge on any atom is -0.494 e. The van der Waals surface area contributed by atoms with Gasteiger partial charge in [-0.3, -0.25) is 4.79 Å². The number of carbonyl (C=O) groups is 1. The van der Waals surface area contributed by atoms with Crippen LogP contribution in [-0.2, 0) is 10.5 Å². The summed E-state index contributed by atoms with van der Waals surface area (Å²) in [7, 11) is 0. The maximum atomic E-state index is 12.1. The van der Waals surface area contributed by atoms with E-state index in [9.17, 15) is 4.79 Å². The van der Waals surface area contributed by atoms with E-state index in [1.54, 1.807) is 11.8 Å². The fourth-order valence-corrected chi connectivity index (χ4v) is 3.38. The number of nitrogens with one attached hydrogen (secondary N) is 1. The lowest BCUT2D eigenvalue weighted by atomic mass is 10.1. The van der Waals surface area contributed by atoms with Crippen LogP contribution in [0.3, 0.4) is 0 Å². The molecule has 2 rings (SSSR count). The molecule has 2 aromatic rings. The third kappa shape index (κ3) is 5.77. The van der Waals surface area contributed by atoms with Gasteiger partial charge in [-0.25, -0.2) is 0 Å². The molecule has 0 saturated carbocycles. The lowest BCUT2D eigenvalue weighted by Crippen LogP contribution is -2.28. The Kier molecular flexibility index (Phi) is 7.47. The molecule has 0 aliphatic rings. The Balaban J connectivity index is 1.78. The molecule has 5 heteroatoms. The van der Waals surface area contributed by atoms with Crippen molar-refractivity contribution < 1.29 is 9.53 Å². The Morgan fingerprint density at radius 2 is 1.92 bits per heavy atom. The van der Waals surface area contributed by atoms with E-state index in [2.05, 4.69) is 5.32 Å². The van der Waals surface area contributed by atoms with Crippen LogP contribution in [-0.4, -0.2) is 18.3 Å². The molecule has 1 amide bonds. The van der Waals surface area contributed by atoms with Crippen molar-refractivity contribution in [2.45, 2.75) is 25.6 Å². The molecule has 0 aromatic heterocycles. The van der Waals surface area contributed by atoms with E-state index in [1.165, 1.54) is 0 Å². The van der Waals surface area contributed by atoms with Gasteiger partial charge < -0.3 is 10.1 Å². The molecule has 0 saturated heterocycles. The summed E-state index contributed by atoms with van der Waals surface area (Å²) >= 11 is 7.67. The molecule has 0 aliphatic heterocycles. The molecule has 0 radical (unpaired) electrons. The second-order valence-electron chi connectivity index (χ2n) is 5.38. The van der Waals surface area contributed by atoms with Gasteiger partial charge in [0.2, 0.25) is 5.91 Å². The minimum atomic E-state index is -0.0333. The molecule has 0 fully saturated rings. The number of rotatable bonds is 8. The van der Waals surface area contributed by atoms with Crippen LogP contribution in [0.1, 0.15) is 31.0 Å². The maximum absolute atomic E-state index is 12.1. The van der Waals surface area contributed by atoms with Crippen LogP contribution in [0.15, 0.2) is 48.5 Å². The molecule has 0 spiro atoms. The van der Waals surface area contributed by atoms with E-state index < -0.39 is 0 Å². The van der Waals surface area contributed by atoms with Crippen molar-refractivity contribution in [2.75, 3.05) is 12.4 Å². The Hall–Kier alpha value is -1.65. The zero-order valence-electron chi connectivity index (χ0n) is 13.9. The average Bonchev–Trinajstić information content (AvgIpc) is 2.57. The molecule has 1 atom stereocenters. The van der Waals surface area contributed by atoms with E-state index in [0.29, 0.717) is 12.4 Å². The van der Waals surface area contributed by atoms with Gasteiger partial charge in [0.25, 0.3) is 0 Å². The van der Waals surface area contributed by atoms with Gasteiger partial charge in [-0.1, -0.05) is 41.9 Å². The number of ether oxygens (including phenoxy) is 1. The predicted octanol–water partition coefficient (Wildman–Crippen LogP) is 4.85. The molecule has 0 unspecified atom stereocenters. The summed E-state index contributed by atoms with van der Waals surface area (Å²) in [5, 5.41) is 3.76. The largest absolute Gasteiger partial charge is 0.494 e. The van der Waals surface area contributed by atoms with Gasteiger partial charge in [0.15, 0.2) is 0 Å². The third-order valence-electron chi connectivity index (χ3n) is 3.52. The van der Waals surface area contributed by atoms with E-state index in [-0.39, 0.29) is 11.9 Å². The van der Waals surface area contributed by atoms with Gasteiger partial charge in [-0.2, -0.15) is 0 Å². The molecule has 0 bridgehead atoms. The van der Waals surface area contributed by atoms with Crippen LogP contribution >= 0.6 is 23.4 Å². The van der Waals surface area contributed by atoms with Gasteiger partial charge in [0.1, 0.15) is 5.75 Å². The first-order valence-corrected chi connectivity index (χ1v) is 9.46. The molecule has 128 valence electrons. The van der Waals surface area contributed by atoms with Crippen LogP contribution in [0.4, 0.5) is 0 Å².